The predicted molar refractivity (Wildman–Crippen MR) is 128 cm³/mol. The summed E-state index contributed by atoms with van der Waals surface area (Å²) in [6.45, 7) is 3.61. The van der Waals surface area contributed by atoms with Crippen molar-refractivity contribution in [2.24, 2.45) is 4.99 Å². The smallest absolute Gasteiger partial charge is 0.277 e. The number of hydrogen-bond donors (Lipinski definition) is 1. The number of aryl methyl sites for hydroxylation is 2. The van der Waals surface area contributed by atoms with E-state index in [4.69, 9.17) is 4.11 Å². The van der Waals surface area contributed by atoms with Gasteiger partial charge in [-0.25, -0.2) is 32.2 Å². The van der Waals surface area contributed by atoms with Crippen molar-refractivity contribution in [3.05, 3.63) is 65.0 Å². The van der Waals surface area contributed by atoms with Gasteiger partial charge in [-0.2, -0.15) is 0 Å². The molecule has 11 heteroatoms. The molecule has 3 heterocycles. The van der Waals surface area contributed by atoms with Crippen LogP contribution in [0.1, 0.15) is 32.7 Å². The van der Waals surface area contributed by atoms with Crippen molar-refractivity contribution in [2.75, 3.05) is 22.9 Å². The Kier molecular flexibility index (Phi) is 5.31. The highest BCUT2D eigenvalue weighted by molar-refractivity contribution is 7.92. The number of rotatable bonds is 7. The largest absolute Gasteiger partial charge is 0.352 e. The van der Waals surface area contributed by atoms with Crippen LogP contribution in [0.5, 0.6) is 0 Å². The van der Waals surface area contributed by atoms with Crippen molar-refractivity contribution in [2.45, 2.75) is 33.1 Å². The Labute approximate surface area is 201 Å². The average Bonchev–Trinajstić information content (AvgIpc) is 3.22. The van der Waals surface area contributed by atoms with Crippen molar-refractivity contribution in [1.29, 1.82) is 0 Å². The van der Waals surface area contributed by atoms with Crippen molar-refractivity contribution in [3.8, 4) is 0 Å². The first-order valence-electron chi connectivity index (χ1n) is 11.8. The van der Waals surface area contributed by atoms with Gasteiger partial charge in [0, 0.05) is 35.4 Å². The maximum Gasteiger partial charge on any atom is 0.277 e. The van der Waals surface area contributed by atoms with Crippen LogP contribution < -0.4 is 9.62 Å². The maximum atomic E-state index is 13.5. The summed E-state index contributed by atoms with van der Waals surface area (Å²) in [4.78, 5) is 17.3. The van der Waals surface area contributed by atoms with Crippen molar-refractivity contribution in [3.63, 3.8) is 0 Å². The number of hydrogen-bond acceptors (Lipinski definition) is 7. The van der Waals surface area contributed by atoms with E-state index in [0.29, 0.717) is 39.3 Å². The first-order chi connectivity index (χ1) is 17.3. The van der Waals surface area contributed by atoms with Crippen molar-refractivity contribution in [1.82, 2.24) is 15.0 Å². The third-order valence-electron chi connectivity index (χ3n) is 5.23. The number of sulfonamides is 1. The fourth-order valence-electron chi connectivity index (χ4n) is 3.76. The number of aliphatic imine (C=N–C) groups is 1. The number of pyridine rings is 1. The van der Waals surface area contributed by atoms with Crippen molar-refractivity contribution >= 4 is 38.5 Å². The monoisotopic (exact) mass is 489 g/mol. The molecular formula is C23H24F2N6O2S. The second-order valence-electron chi connectivity index (χ2n) is 7.88. The third kappa shape index (κ3) is 5.04. The van der Waals surface area contributed by atoms with Crippen molar-refractivity contribution < 1.29 is 21.3 Å². The van der Waals surface area contributed by atoms with E-state index in [0.717, 1.165) is 12.7 Å². The Balaban J connectivity index is 1.78. The fraction of sp³-hybridized carbons (Fsp3) is 0.304. The lowest BCUT2D eigenvalue weighted by molar-refractivity contribution is 0.224. The van der Waals surface area contributed by atoms with Crippen LogP contribution in [0.2, 0.25) is 0 Å². The molecule has 0 amide bonds. The second-order valence-corrected chi connectivity index (χ2v) is 9.37. The number of fused-ring (bicyclic) bond motifs is 1. The molecule has 1 N–H and O–H groups in total. The van der Waals surface area contributed by atoms with E-state index in [2.05, 4.69) is 25.3 Å². The van der Waals surface area contributed by atoms with Gasteiger partial charge in [0.25, 0.3) is 6.43 Å². The van der Waals surface area contributed by atoms with Gasteiger partial charge < -0.3 is 5.32 Å². The molecule has 0 aliphatic carbocycles. The van der Waals surface area contributed by atoms with Crippen LogP contribution in [-0.4, -0.2) is 48.7 Å². The molecule has 0 atom stereocenters. The lowest BCUT2D eigenvalue weighted by Crippen LogP contribution is -2.25. The summed E-state index contributed by atoms with van der Waals surface area (Å²) in [5.74, 6) is 0.588. The van der Waals surface area contributed by atoms with E-state index in [1.165, 1.54) is 6.07 Å². The molecule has 0 unspecified atom stereocenters. The van der Waals surface area contributed by atoms with Crippen LogP contribution >= 0.6 is 0 Å². The highest BCUT2D eigenvalue weighted by atomic mass is 32.2. The highest BCUT2D eigenvalue weighted by Crippen LogP contribution is 2.39. The molecule has 34 heavy (non-hydrogen) atoms. The molecule has 1 aliphatic rings. The van der Waals surface area contributed by atoms with Crippen LogP contribution in [-0.2, 0) is 22.9 Å². The predicted octanol–water partition coefficient (Wildman–Crippen LogP) is 4.11. The minimum atomic E-state index is -4.69. The van der Waals surface area contributed by atoms with Gasteiger partial charge in [-0.05, 0) is 38.1 Å². The summed E-state index contributed by atoms with van der Waals surface area (Å²) < 4.78 is 75.0. The molecule has 0 fully saturated rings. The lowest BCUT2D eigenvalue weighted by atomic mass is 10.1. The molecule has 2 aromatic heterocycles. The number of alkyl halides is 2. The summed E-state index contributed by atoms with van der Waals surface area (Å²) >= 11 is 0. The van der Waals surface area contributed by atoms with E-state index in [-0.39, 0.29) is 29.2 Å². The molecule has 0 radical (unpaired) electrons. The Bertz CT molecular complexity index is 1480. The van der Waals surface area contributed by atoms with Gasteiger partial charge in [-0.3, -0.25) is 9.29 Å². The average molecular weight is 490 g/mol. The van der Waals surface area contributed by atoms with Gasteiger partial charge in [-0.1, -0.05) is 12.1 Å². The third-order valence-corrected chi connectivity index (χ3v) is 6.15. The zero-order chi connectivity index (χ0) is 27.1. The van der Waals surface area contributed by atoms with Crippen LogP contribution in [0, 0.1) is 13.8 Å². The molecule has 0 saturated heterocycles. The molecule has 8 nitrogen and oxygen atoms in total. The first-order valence-corrected chi connectivity index (χ1v) is 11.7. The molecule has 0 spiro atoms. The Hall–Kier alpha value is -3.47. The summed E-state index contributed by atoms with van der Waals surface area (Å²) in [6, 6.07) is 9.62. The second kappa shape index (κ2) is 9.05. The van der Waals surface area contributed by atoms with Crippen LogP contribution in [0.25, 0.3) is 0 Å². The molecule has 0 saturated carbocycles. The summed E-state index contributed by atoms with van der Waals surface area (Å²) in [6.07, 6.45) is -5.87. The topological polar surface area (TPSA) is 100 Å². The zero-order valence-electron chi connectivity index (χ0n) is 21.7. The van der Waals surface area contributed by atoms with E-state index in [1.807, 2.05) is 6.92 Å². The molecule has 0 bridgehead atoms. The first kappa shape index (κ1) is 20.0. The minimum absolute atomic E-state index is 0.0591. The molecule has 3 aromatic rings. The fourth-order valence-corrected chi connectivity index (χ4v) is 4.18. The highest BCUT2D eigenvalue weighted by Gasteiger charge is 2.27. The Morgan fingerprint density at radius 3 is 2.56 bits per heavy atom. The SMILES string of the molecule is [2H]C([2H])([2H])S(=O)(=O)N(C)c1ccccc1Nc1cc(Cc2cc(C)nc(C)n2)nc2c1N=C(C(F)F)C2. The number of halogens is 2. The molecular weight excluding hydrogens is 462 g/mol. The molecule has 4 rings (SSSR count). The van der Waals surface area contributed by atoms with Gasteiger partial charge >= 0.3 is 0 Å². The molecule has 1 aliphatic heterocycles. The molecule has 1 aromatic carbocycles. The summed E-state index contributed by atoms with van der Waals surface area (Å²) in [5.41, 5.74) is 2.86. The van der Waals surface area contributed by atoms with E-state index in [9.17, 15) is 17.2 Å². The van der Waals surface area contributed by atoms with Gasteiger partial charge in [0.15, 0.2) is 0 Å². The van der Waals surface area contributed by atoms with Gasteiger partial charge in [0.05, 0.1) is 40.3 Å². The summed E-state index contributed by atoms with van der Waals surface area (Å²) in [7, 11) is -3.56. The number of nitrogens with zero attached hydrogens (tertiary/aromatic N) is 5. The zero-order valence-corrected chi connectivity index (χ0v) is 19.5. The quantitative estimate of drug-likeness (QED) is 0.536. The lowest BCUT2D eigenvalue weighted by Gasteiger charge is -2.21. The van der Waals surface area contributed by atoms with E-state index >= 15 is 0 Å². The summed E-state index contributed by atoms with van der Waals surface area (Å²) in [5, 5.41) is 3.07. The van der Waals surface area contributed by atoms with Gasteiger partial charge in [0.1, 0.15) is 11.5 Å². The Morgan fingerprint density at radius 1 is 1.12 bits per heavy atom. The standard InChI is InChI=1S/C23H24F2N6O2S/c1-13-9-15(27-14(2)26-13)10-16-11-18(22-19(28-16)12-20(30-22)23(24)25)29-17-7-5-6-8-21(17)31(3)34(4,32)33/h5-9,11,23H,10,12H2,1-4H3,(H,28,29)/i4D3. The van der Waals surface area contributed by atoms with Crippen LogP contribution in [0.4, 0.5) is 31.5 Å². The van der Waals surface area contributed by atoms with Gasteiger partial charge in [-0.15, -0.1) is 0 Å². The minimum Gasteiger partial charge on any atom is -0.352 e. The van der Waals surface area contributed by atoms with Crippen LogP contribution in [0.3, 0.4) is 0 Å². The van der Waals surface area contributed by atoms with Gasteiger partial charge in [0.2, 0.25) is 10.0 Å². The maximum absolute atomic E-state index is 13.5. The number of nitrogens with one attached hydrogen (secondary N) is 1. The Morgan fingerprint density at radius 2 is 1.85 bits per heavy atom. The normalized spacial score (nSPS) is 14.8. The number of para-hydroxylation sites is 2. The number of anilines is 3. The van der Waals surface area contributed by atoms with Crippen LogP contribution in [0.15, 0.2) is 41.4 Å². The number of aromatic nitrogens is 3. The van der Waals surface area contributed by atoms with E-state index in [1.54, 1.807) is 37.3 Å². The van der Waals surface area contributed by atoms with E-state index < -0.39 is 22.6 Å². The molecule has 178 valence electrons. The number of benzene rings is 1.